The number of benzene rings is 4. The average Bonchev–Trinajstić information content (AvgIpc) is 3.20. The predicted molar refractivity (Wildman–Crippen MR) is 164 cm³/mol. The maximum atomic E-state index is 2.61. The molecule has 0 saturated heterocycles. The Kier molecular flexibility index (Phi) is 4.61. The highest BCUT2D eigenvalue weighted by molar-refractivity contribution is 6.28. The predicted octanol–water partition coefficient (Wildman–Crippen LogP) is 9.16. The van der Waals surface area contributed by atoms with Crippen LogP contribution in [-0.2, 0) is 18.9 Å². The molecule has 3 heterocycles. The van der Waals surface area contributed by atoms with Crippen LogP contribution in [0.1, 0.15) is 58.2 Å². The van der Waals surface area contributed by atoms with Crippen molar-refractivity contribution < 1.29 is 4.57 Å². The third-order valence-electron chi connectivity index (χ3n) is 8.62. The summed E-state index contributed by atoms with van der Waals surface area (Å²) in [5.74, 6) is 0. The van der Waals surface area contributed by atoms with Crippen LogP contribution >= 0.6 is 0 Å². The van der Waals surface area contributed by atoms with Gasteiger partial charge in [0.25, 0.3) is 0 Å². The van der Waals surface area contributed by atoms with Gasteiger partial charge in [0.05, 0.1) is 27.3 Å². The summed E-state index contributed by atoms with van der Waals surface area (Å²) < 4.78 is 4.97. The van der Waals surface area contributed by atoms with Crippen LogP contribution in [-0.4, -0.2) is 4.40 Å². The molecule has 7 aromatic rings. The topological polar surface area (TPSA) is 8.29 Å². The minimum atomic E-state index is 0.0980. The van der Waals surface area contributed by atoms with Crippen LogP contribution in [0.15, 0.2) is 66.9 Å². The SMILES string of the molecule is Cc1c2cc(C(C)(C)C)ccc2c(CC(C)(C)C)c2c1c1c3c(ccc4c5ccccc5n2c43)cc[n+]1C. The van der Waals surface area contributed by atoms with E-state index in [2.05, 4.69) is 131 Å². The number of nitrogens with zero attached hydrogens (tertiary/aromatic N) is 2. The summed E-state index contributed by atoms with van der Waals surface area (Å²) in [6.45, 7) is 16.4. The fraction of sp³-hybridized carbons (Fsp3) is 0.306. The van der Waals surface area contributed by atoms with E-state index in [0.29, 0.717) is 0 Å². The molecule has 3 aromatic heterocycles. The summed E-state index contributed by atoms with van der Waals surface area (Å²) in [6.07, 6.45) is 3.25. The van der Waals surface area contributed by atoms with Gasteiger partial charge in [-0.2, -0.15) is 0 Å². The molecule has 0 atom stereocenters. The fourth-order valence-electron chi connectivity index (χ4n) is 6.86. The highest BCUT2D eigenvalue weighted by atomic mass is 15.0. The van der Waals surface area contributed by atoms with Gasteiger partial charge in [-0.3, -0.25) is 0 Å². The van der Waals surface area contributed by atoms with E-state index in [4.69, 9.17) is 0 Å². The summed E-state index contributed by atoms with van der Waals surface area (Å²) in [7, 11) is 2.22. The van der Waals surface area contributed by atoms with Crippen molar-refractivity contribution in [1.82, 2.24) is 4.40 Å². The second-order valence-corrected chi connectivity index (χ2v) is 13.6. The molecule has 4 aromatic carbocycles. The summed E-state index contributed by atoms with van der Waals surface area (Å²) >= 11 is 0. The molecule has 0 aliphatic heterocycles. The number of hydrogen-bond donors (Lipinski definition) is 0. The van der Waals surface area contributed by atoms with Crippen molar-refractivity contribution in [2.75, 3.05) is 0 Å². The van der Waals surface area contributed by atoms with Crippen LogP contribution in [0.3, 0.4) is 0 Å². The summed E-state index contributed by atoms with van der Waals surface area (Å²) in [5.41, 5.74) is 9.84. The summed E-state index contributed by atoms with van der Waals surface area (Å²) in [5, 5.41) is 9.51. The van der Waals surface area contributed by atoms with Crippen molar-refractivity contribution in [2.24, 2.45) is 12.5 Å². The molecule has 190 valence electrons. The molecule has 0 unspecified atom stereocenters. The van der Waals surface area contributed by atoms with Gasteiger partial charge in [0.1, 0.15) is 7.05 Å². The summed E-state index contributed by atoms with van der Waals surface area (Å²) in [4.78, 5) is 0. The van der Waals surface area contributed by atoms with Crippen molar-refractivity contribution in [1.29, 1.82) is 0 Å². The molecule has 0 amide bonds. The molecule has 38 heavy (non-hydrogen) atoms. The first-order valence-corrected chi connectivity index (χ1v) is 13.9. The van der Waals surface area contributed by atoms with E-state index in [1.807, 2.05) is 0 Å². The Bertz CT molecular complexity index is 2070. The quantitative estimate of drug-likeness (QED) is 0.121. The Hall–Kier alpha value is -3.65. The van der Waals surface area contributed by atoms with E-state index in [-0.39, 0.29) is 10.8 Å². The van der Waals surface area contributed by atoms with E-state index in [1.54, 1.807) is 0 Å². The lowest BCUT2D eigenvalue weighted by atomic mass is 9.80. The highest BCUT2D eigenvalue weighted by Crippen LogP contribution is 2.45. The van der Waals surface area contributed by atoms with Crippen molar-refractivity contribution in [3.8, 4) is 0 Å². The number of aromatic nitrogens is 2. The van der Waals surface area contributed by atoms with Crippen molar-refractivity contribution in [3.63, 3.8) is 0 Å². The van der Waals surface area contributed by atoms with E-state index in [0.717, 1.165) is 6.42 Å². The molecular formula is C36H37N2+. The monoisotopic (exact) mass is 497 g/mol. The molecule has 0 bridgehead atoms. The number of hydrogen-bond acceptors (Lipinski definition) is 0. The Labute approximate surface area is 224 Å². The number of pyridine rings is 2. The van der Waals surface area contributed by atoms with Gasteiger partial charge < -0.3 is 4.40 Å². The maximum Gasteiger partial charge on any atom is 0.224 e. The van der Waals surface area contributed by atoms with Crippen molar-refractivity contribution >= 4 is 59.8 Å². The van der Waals surface area contributed by atoms with Crippen molar-refractivity contribution in [3.05, 3.63) is 83.6 Å². The Morgan fingerprint density at radius 3 is 2.21 bits per heavy atom. The van der Waals surface area contributed by atoms with Gasteiger partial charge in [-0.05, 0) is 63.1 Å². The Morgan fingerprint density at radius 1 is 0.737 bits per heavy atom. The van der Waals surface area contributed by atoms with Crippen molar-refractivity contribution in [2.45, 2.75) is 60.3 Å². The molecule has 0 aliphatic rings. The first-order valence-electron chi connectivity index (χ1n) is 13.9. The average molecular weight is 498 g/mol. The molecule has 0 radical (unpaired) electrons. The standard InChI is InChI=1S/C36H37N2/c1-21-27-19-23(36(5,6)7)14-16-24(27)28(20-35(2,3)4)33-30(21)34-31-22(17-18-37(34)8)13-15-26-25-11-9-10-12-29(25)38(33)32(26)31/h9-19H,20H2,1-8H3/q+1. The first-order chi connectivity index (χ1) is 18.0. The van der Waals surface area contributed by atoms with Crippen LogP contribution < -0.4 is 4.57 Å². The molecule has 0 aliphatic carbocycles. The third-order valence-corrected chi connectivity index (χ3v) is 8.62. The van der Waals surface area contributed by atoms with Crippen LogP contribution in [0.2, 0.25) is 0 Å². The van der Waals surface area contributed by atoms with Gasteiger partial charge >= 0.3 is 0 Å². The second-order valence-electron chi connectivity index (χ2n) is 13.6. The molecule has 0 saturated carbocycles. The van der Waals surface area contributed by atoms with Crippen LogP contribution in [0, 0.1) is 12.3 Å². The van der Waals surface area contributed by atoms with Gasteiger partial charge in [-0.1, -0.05) is 90.1 Å². The zero-order valence-corrected chi connectivity index (χ0v) is 24.0. The lowest BCUT2D eigenvalue weighted by Crippen LogP contribution is -2.29. The first kappa shape index (κ1) is 23.5. The molecule has 7 rings (SSSR count). The lowest BCUT2D eigenvalue weighted by Gasteiger charge is -2.25. The van der Waals surface area contributed by atoms with E-state index in [9.17, 15) is 0 Å². The third kappa shape index (κ3) is 3.10. The van der Waals surface area contributed by atoms with E-state index < -0.39 is 0 Å². The Balaban J connectivity index is 1.88. The van der Waals surface area contributed by atoms with Gasteiger partial charge in [0, 0.05) is 16.8 Å². The molecule has 0 spiro atoms. The number of aryl methyl sites for hydroxylation is 2. The second kappa shape index (κ2) is 7.47. The lowest BCUT2D eigenvalue weighted by molar-refractivity contribution is -0.643. The molecule has 0 fully saturated rings. The van der Waals surface area contributed by atoms with E-state index >= 15 is 0 Å². The summed E-state index contributed by atoms with van der Waals surface area (Å²) in [6, 6.07) is 23.1. The zero-order chi connectivity index (χ0) is 26.7. The van der Waals surface area contributed by atoms with Crippen LogP contribution in [0.25, 0.3) is 59.8 Å². The molecule has 2 nitrogen and oxygen atoms in total. The normalized spacial score (nSPS) is 13.4. The van der Waals surface area contributed by atoms with Gasteiger partial charge in [-0.15, -0.1) is 0 Å². The number of fused-ring (bicyclic) bond motifs is 7. The molecular weight excluding hydrogens is 460 g/mol. The minimum Gasteiger partial charge on any atom is -0.307 e. The number of para-hydroxylation sites is 1. The molecule has 2 heteroatoms. The number of rotatable bonds is 1. The van der Waals surface area contributed by atoms with Crippen LogP contribution in [0.5, 0.6) is 0 Å². The maximum absolute atomic E-state index is 2.61. The minimum absolute atomic E-state index is 0.0980. The smallest absolute Gasteiger partial charge is 0.224 e. The van der Waals surface area contributed by atoms with Crippen LogP contribution in [0.4, 0.5) is 0 Å². The fourth-order valence-corrected chi connectivity index (χ4v) is 6.86. The zero-order valence-electron chi connectivity index (χ0n) is 24.0. The van der Waals surface area contributed by atoms with E-state index in [1.165, 1.54) is 76.5 Å². The van der Waals surface area contributed by atoms with Gasteiger partial charge in [0.15, 0.2) is 6.20 Å². The molecule has 0 N–H and O–H groups in total. The largest absolute Gasteiger partial charge is 0.307 e. The van der Waals surface area contributed by atoms with Gasteiger partial charge in [-0.25, -0.2) is 4.57 Å². The highest BCUT2D eigenvalue weighted by Gasteiger charge is 2.29. The van der Waals surface area contributed by atoms with Gasteiger partial charge in [0.2, 0.25) is 5.52 Å². The Morgan fingerprint density at radius 2 is 1.47 bits per heavy atom.